The molecular formula is C18H22ClNO3. The molecule has 2 atom stereocenters. The fourth-order valence-corrected chi connectivity index (χ4v) is 2.55. The summed E-state index contributed by atoms with van der Waals surface area (Å²) < 4.78 is 10.7. The Kier molecular flexibility index (Phi) is 6.28. The minimum Gasteiger partial charge on any atom is -0.493 e. The monoisotopic (exact) mass is 335 g/mol. The van der Waals surface area contributed by atoms with E-state index in [1.807, 2.05) is 37.3 Å². The molecule has 124 valence electrons. The van der Waals surface area contributed by atoms with E-state index in [-0.39, 0.29) is 6.04 Å². The van der Waals surface area contributed by atoms with Crippen LogP contribution >= 0.6 is 11.6 Å². The fourth-order valence-electron chi connectivity index (χ4n) is 2.42. The number of halogens is 1. The molecule has 0 saturated carbocycles. The predicted octanol–water partition coefficient (Wildman–Crippen LogP) is 3.57. The normalized spacial score (nSPS) is 13.4. The number of aliphatic hydroxyl groups is 1. The molecular weight excluding hydrogens is 314 g/mol. The lowest BCUT2D eigenvalue weighted by Gasteiger charge is -2.22. The van der Waals surface area contributed by atoms with Crippen LogP contribution in [0.2, 0.25) is 5.02 Å². The molecule has 0 aliphatic rings. The smallest absolute Gasteiger partial charge is 0.165 e. The third kappa shape index (κ3) is 4.38. The second-order valence-electron chi connectivity index (χ2n) is 5.32. The number of nitrogens with one attached hydrogen (secondary N) is 1. The summed E-state index contributed by atoms with van der Waals surface area (Å²) in [5, 5.41) is 14.4. The summed E-state index contributed by atoms with van der Waals surface area (Å²) in [5.74, 6) is 1.40. The van der Waals surface area contributed by atoms with Gasteiger partial charge in [0.05, 0.1) is 20.3 Å². The van der Waals surface area contributed by atoms with Crippen molar-refractivity contribution in [2.75, 3.05) is 14.2 Å². The topological polar surface area (TPSA) is 50.7 Å². The Labute approximate surface area is 142 Å². The first-order valence-corrected chi connectivity index (χ1v) is 7.81. The van der Waals surface area contributed by atoms with Gasteiger partial charge in [0.25, 0.3) is 0 Å². The van der Waals surface area contributed by atoms with Crippen LogP contribution in [0.4, 0.5) is 0 Å². The van der Waals surface area contributed by atoms with Crippen molar-refractivity contribution in [3.63, 3.8) is 0 Å². The molecule has 0 aromatic heterocycles. The lowest BCUT2D eigenvalue weighted by atomic mass is 10.0. The molecule has 0 amide bonds. The Hall–Kier alpha value is -1.75. The third-order valence-corrected chi connectivity index (χ3v) is 4.04. The van der Waals surface area contributed by atoms with Gasteiger partial charge in [-0.05, 0) is 30.7 Å². The number of ether oxygens (including phenoxy) is 2. The fraction of sp³-hybridized carbons (Fsp3) is 0.333. The molecule has 0 saturated heterocycles. The molecule has 0 radical (unpaired) electrons. The molecule has 0 aliphatic heterocycles. The molecule has 2 aromatic rings. The number of aliphatic hydroxyl groups excluding tert-OH is 1. The second kappa shape index (κ2) is 8.20. The van der Waals surface area contributed by atoms with Crippen LogP contribution in [0.5, 0.6) is 11.5 Å². The Bertz CT molecular complexity index is 631. The summed E-state index contributed by atoms with van der Waals surface area (Å²) in [5.41, 5.74) is 1.80. The van der Waals surface area contributed by atoms with Gasteiger partial charge in [0.2, 0.25) is 0 Å². The molecule has 2 N–H and O–H groups in total. The molecule has 23 heavy (non-hydrogen) atoms. The molecule has 0 fully saturated rings. The average Bonchev–Trinajstić information content (AvgIpc) is 2.59. The van der Waals surface area contributed by atoms with Crippen LogP contribution in [0.1, 0.15) is 24.2 Å². The van der Waals surface area contributed by atoms with Crippen molar-refractivity contribution < 1.29 is 14.6 Å². The van der Waals surface area contributed by atoms with E-state index in [9.17, 15) is 5.11 Å². The van der Waals surface area contributed by atoms with Crippen molar-refractivity contribution in [1.82, 2.24) is 5.32 Å². The number of methoxy groups -OCH3 is 2. The zero-order valence-electron chi connectivity index (χ0n) is 13.5. The van der Waals surface area contributed by atoms with E-state index in [1.165, 1.54) is 0 Å². The summed E-state index contributed by atoms with van der Waals surface area (Å²) in [6, 6.07) is 12.8. The van der Waals surface area contributed by atoms with Gasteiger partial charge in [0.1, 0.15) is 0 Å². The van der Waals surface area contributed by atoms with Crippen LogP contribution in [0.15, 0.2) is 42.5 Å². The van der Waals surface area contributed by atoms with Crippen LogP contribution < -0.4 is 14.8 Å². The SMILES string of the molecule is COc1cccc(CNC(C)C(O)c2ccc(Cl)cc2)c1OC. The first-order chi connectivity index (χ1) is 11.1. The van der Waals surface area contributed by atoms with Gasteiger partial charge in [-0.2, -0.15) is 0 Å². The molecule has 0 spiro atoms. The lowest BCUT2D eigenvalue weighted by molar-refractivity contribution is 0.135. The van der Waals surface area contributed by atoms with E-state index in [0.717, 1.165) is 11.1 Å². The number of para-hydroxylation sites is 1. The minimum atomic E-state index is -0.621. The molecule has 0 aliphatic carbocycles. The molecule has 2 aromatic carbocycles. The number of benzene rings is 2. The molecule has 2 rings (SSSR count). The highest BCUT2D eigenvalue weighted by Crippen LogP contribution is 2.30. The maximum absolute atomic E-state index is 10.4. The Morgan fingerprint density at radius 2 is 1.78 bits per heavy atom. The summed E-state index contributed by atoms with van der Waals surface area (Å²) in [6.45, 7) is 2.50. The van der Waals surface area contributed by atoms with E-state index >= 15 is 0 Å². The minimum absolute atomic E-state index is 0.132. The maximum Gasteiger partial charge on any atom is 0.165 e. The maximum atomic E-state index is 10.4. The van der Waals surface area contributed by atoms with Crippen molar-refractivity contribution in [3.05, 3.63) is 58.6 Å². The van der Waals surface area contributed by atoms with Crippen LogP contribution in [0, 0.1) is 0 Å². The number of hydrogen-bond donors (Lipinski definition) is 2. The largest absolute Gasteiger partial charge is 0.493 e. The first-order valence-electron chi connectivity index (χ1n) is 7.43. The van der Waals surface area contributed by atoms with Crippen LogP contribution in [0.3, 0.4) is 0 Å². The molecule has 4 nitrogen and oxygen atoms in total. The van der Waals surface area contributed by atoms with E-state index in [4.69, 9.17) is 21.1 Å². The number of hydrogen-bond acceptors (Lipinski definition) is 4. The zero-order chi connectivity index (χ0) is 16.8. The van der Waals surface area contributed by atoms with E-state index in [2.05, 4.69) is 5.32 Å². The van der Waals surface area contributed by atoms with Crippen molar-refractivity contribution in [2.45, 2.75) is 25.6 Å². The second-order valence-corrected chi connectivity index (χ2v) is 5.76. The average molecular weight is 336 g/mol. The highest BCUT2D eigenvalue weighted by molar-refractivity contribution is 6.30. The van der Waals surface area contributed by atoms with Crippen molar-refractivity contribution in [2.24, 2.45) is 0 Å². The zero-order valence-corrected chi connectivity index (χ0v) is 14.3. The Morgan fingerprint density at radius 3 is 2.39 bits per heavy atom. The van der Waals surface area contributed by atoms with E-state index in [1.54, 1.807) is 26.4 Å². The van der Waals surface area contributed by atoms with Gasteiger partial charge in [-0.3, -0.25) is 0 Å². The summed E-state index contributed by atoms with van der Waals surface area (Å²) in [7, 11) is 3.23. The molecule has 2 unspecified atom stereocenters. The van der Waals surface area contributed by atoms with E-state index in [0.29, 0.717) is 23.1 Å². The van der Waals surface area contributed by atoms with Gasteiger partial charge in [0, 0.05) is 23.2 Å². The van der Waals surface area contributed by atoms with Crippen LogP contribution in [0.25, 0.3) is 0 Å². The van der Waals surface area contributed by atoms with Gasteiger partial charge in [-0.15, -0.1) is 0 Å². The van der Waals surface area contributed by atoms with Gasteiger partial charge in [0.15, 0.2) is 11.5 Å². The first kappa shape index (κ1) is 17.6. The molecule has 5 heteroatoms. The van der Waals surface area contributed by atoms with Crippen LogP contribution in [-0.4, -0.2) is 25.4 Å². The highest BCUT2D eigenvalue weighted by Gasteiger charge is 2.17. The summed E-state index contributed by atoms with van der Waals surface area (Å²) in [6.07, 6.45) is -0.621. The summed E-state index contributed by atoms with van der Waals surface area (Å²) >= 11 is 5.88. The van der Waals surface area contributed by atoms with Crippen molar-refractivity contribution >= 4 is 11.6 Å². The standard InChI is InChI=1S/C18H22ClNO3/c1-12(17(21)13-7-9-15(19)10-8-13)20-11-14-5-4-6-16(22-2)18(14)23-3/h4-10,12,17,20-21H,11H2,1-3H3. The van der Waals surface area contributed by atoms with Gasteiger partial charge < -0.3 is 19.9 Å². The lowest BCUT2D eigenvalue weighted by Crippen LogP contribution is -2.31. The molecule has 0 heterocycles. The van der Waals surface area contributed by atoms with Gasteiger partial charge in [-0.1, -0.05) is 35.9 Å². The third-order valence-electron chi connectivity index (χ3n) is 3.78. The van der Waals surface area contributed by atoms with Crippen LogP contribution in [-0.2, 0) is 6.54 Å². The summed E-state index contributed by atoms with van der Waals surface area (Å²) in [4.78, 5) is 0. The molecule has 0 bridgehead atoms. The predicted molar refractivity (Wildman–Crippen MR) is 92.3 cm³/mol. The highest BCUT2D eigenvalue weighted by atomic mass is 35.5. The van der Waals surface area contributed by atoms with E-state index < -0.39 is 6.10 Å². The van der Waals surface area contributed by atoms with Crippen molar-refractivity contribution in [1.29, 1.82) is 0 Å². The Morgan fingerprint density at radius 1 is 1.09 bits per heavy atom. The van der Waals surface area contributed by atoms with Gasteiger partial charge in [-0.25, -0.2) is 0 Å². The Balaban J connectivity index is 2.04. The number of rotatable bonds is 7. The van der Waals surface area contributed by atoms with Gasteiger partial charge >= 0.3 is 0 Å². The quantitative estimate of drug-likeness (QED) is 0.812. The van der Waals surface area contributed by atoms with Crippen molar-refractivity contribution in [3.8, 4) is 11.5 Å².